The van der Waals surface area contributed by atoms with Crippen molar-refractivity contribution >= 4 is 17.5 Å². The summed E-state index contributed by atoms with van der Waals surface area (Å²) in [6.07, 6.45) is -0.693. The van der Waals surface area contributed by atoms with E-state index in [0.717, 1.165) is 5.56 Å². The molecule has 0 saturated heterocycles. The summed E-state index contributed by atoms with van der Waals surface area (Å²) in [5.74, 6) is 0.143. The molecule has 2 unspecified atom stereocenters. The van der Waals surface area contributed by atoms with E-state index in [2.05, 4.69) is 31.4 Å². The van der Waals surface area contributed by atoms with Crippen LogP contribution in [-0.2, 0) is 10.2 Å². The van der Waals surface area contributed by atoms with Crippen molar-refractivity contribution in [3.05, 3.63) is 95.6 Å². The number of hydrogen-bond donors (Lipinski definition) is 2. The minimum absolute atomic E-state index is 0.0533. The first kappa shape index (κ1) is 24.1. The zero-order valence-corrected chi connectivity index (χ0v) is 19.9. The molecule has 5 nitrogen and oxygen atoms in total. The van der Waals surface area contributed by atoms with Gasteiger partial charge in [0.05, 0.1) is 6.04 Å². The largest absolute Gasteiger partial charge is 0.481 e. The van der Waals surface area contributed by atoms with Gasteiger partial charge in [0.25, 0.3) is 11.8 Å². The third-order valence-corrected chi connectivity index (χ3v) is 5.44. The first-order chi connectivity index (χ1) is 15.6. The van der Waals surface area contributed by atoms with Crippen molar-refractivity contribution < 1.29 is 14.3 Å². The second-order valence-corrected chi connectivity index (χ2v) is 9.21. The van der Waals surface area contributed by atoms with E-state index in [9.17, 15) is 9.59 Å². The van der Waals surface area contributed by atoms with Gasteiger partial charge in [0.2, 0.25) is 0 Å². The first-order valence-electron chi connectivity index (χ1n) is 11.2. The fraction of sp³-hybridized carbons (Fsp3) is 0.286. The van der Waals surface area contributed by atoms with Crippen LogP contribution in [0.25, 0.3) is 0 Å². The Morgan fingerprint density at radius 2 is 1.52 bits per heavy atom. The molecule has 0 aliphatic rings. The number of amides is 2. The van der Waals surface area contributed by atoms with E-state index in [-0.39, 0.29) is 23.3 Å². The summed E-state index contributed by atoms with van der Waals surface area (Å²) in [5.41, 5.74) is 3.29. The van der Waals surface area contributed by atoms with Crippen molar-refractivity contribution in [2.75, 3.05) is 5.32 Å². The molecule has 2 N–H and O–H groups in total. The van der Waals surface area contributed by atoms with Crippen LogP contribution in [0.2, 0.25) is 0 Å². The number of ether oxygens (including phenoxy) is 1. The second-order valence-electron chi connectivity index (χ2n) is 9.21. The molecule has 0 bridgehead atoms. The fourth-order valence-electron chi connectivity index (χ4n) is 3.38. The Balaban J connectivity index is 1.59. The van der Waals surface area contributed by atoms with Gasteiger partial charge in [-0.1, -0.05) is 69.3 Å². The maximum atomic E-state index is 12.7. The van der Waals surface area contributed by atoms with Crippen LogP contribution in [0.15, 0.2) is 78.9 Å². The van der Waals surface area contributed by atoms with E-state index in [4.69, 9.17) is 4.74 Å². The van der Waals surface area contributed by atoms with Gasteiger partial charge in [-0.25, -0.2) is 0 Å². The Morgan fingerprint density at radius 1 is 0.848 bits per heavy atom. The molecule has 3 aromatic rings. The van der Waals surface area contributed by atoms with Gasteiger partial charge in [0.1, 0.15) is 5.75 Å². The van der Waals surface area contributed by atoms with Gasteiger partial charge in [-0.3, -0.25) is 9.59 Å². The number of anilines is 1. The monoisotopic (exact) mass is 444 g/mol. The van der Waals surface area contributed by atoms with Crippen LogP contribution in [-0.4, -0.2) is 17.9 Å². The van der Waals surface area contributed by atoms with Crippen molar-refractivity contribution in [2.24, 2.45) is 0 Å². The second kappa shape index (κ2) is 10.3. The molecule has 0 saturated carbocycles. The number of nitrogens with one attached hydrogen (secondary N) is 2. The van der Waals surface area contributed by atoms with Crippen LogP contribution >= 0.6 is 0 Å². The summed E-state index contributed by atoms with van der Waals surface area (Å²) < 4.78 is 5.80. The highest BCUT2D eigenvalue weighted by molar-refractivity contribution is 5.98. The topological polar surface area (TPSA) is 67.4 Å². The van der Waals surface area contributed by atoms with Crippen LogP contribution in [0.4, 0.5) is 5.69 Å². The molecule has 0 aliphatic carbocycles. The van der Waals surface area contributed by atoms with E-state index < -0.39 is 6.10 Å². The van der Waals surface area contributed by atoms with Gasteiger partial charge in [-0.2, -0.15) is 0 Å². The lowest BCUT2D eigenvalue weighted by atomic mass is 9.87. The molecular formula is C28H32N2O3. The highest BCUT2D eigenvalue weighted by atomic mass is 16.5. The highest BCUT2D eigenvalue weighted by Gasteiger charge is 2.18. The Bertz CT molecular complexity index is 1090. The van der Waals surface area contributed by atoms with Gasteiger partial charge in [-0.05, 0) is 60.7 Å². The van der Waals surface area contributed by atoms with E-state index in [0.29, 0.717) is 17.0 Å². The van der Waals surface area contributed by atoms with E-state index in [1.54, 1.807) is 31.2 Å². The number of carbonyl (C=O) groups is 2. The number of carbonyl (C=O) groups excluding carboxylic acids is 2. The number of benzene rings is 3. The normalized spacial score (nSPS) is 13.0. The first-order valence-corrected chi connectivity index (χ1v) is 11.2. The minimum Gasteiger partial charge on any atom is -0.481 e. The maximum absolute atomic E-state index is 12.7. The summed E-state index contributed by atoms with van der Waals surface area (Å²) >= 11 is 0. The Kier molecular flexibility index (Phi) is 7.54. The molecule has 0 fully saturated rings. The van der Waals surface area contributed by atoms with Crippen molar-refractivity contribution in [2.45, 2.75) is 52.2 Å². The lowest BCUT2D eigenvalue weighted by Gasteiger charge is -2.20. The highest BCUT2D eigenvalue weighted by Crippen LogP contribution is 2.25. The smallest absolute Gasteiger partial charge is 0.265 e. The lowest BCUT2D eigenvalue weighted by molar-refractivity contribution is -0.122. The Morgan fingerprint density at radius 3 is 2.15 bits per heavy atom. The third-order valence-electron chi connectivity index (χ3n) is 5.44. The minimum atomic E-state index is -0.693. The number of hydrogen-bond acceptors (Lipinski definition) is 3. The Hall–Kier alpha value is -3.60. The molecule has 0 radical (unpaired) electrons. The van der Waals surface area contributed by atoms with E-state index in [1.165, 1.54) is 5.56 Å². The van der Waals surface area contributed by atoms with Crippen LogP contribution in [0.1, 0.15) is 62.1 Å². The van der Waals surface area contributed by atoms with Crippen LogP contribution < -0.4 is 15.4 Å². The molecule has 0 aromatic heterocycles. The summed E-state index contributed by atoms with van der Waals surface area (Å²) in [6.45, 7) is 10.1. The fourth-order valence-corrected chi connectivity index (χ4v) is 3.38. The van der Waals surface area contributed by atoms with Crippen LogP contribution in [0.3, 0.4) is 0 Å². The predicted molar refractivity (Wildman–Crippen MR) is 133 cm³/mol. The zero-order chi connectivity index (χ0) is 24.0. The van der Waals surface area contributed by atoms with Crippen molar-refractivity contribution in [3.63, 3.8) is 0 Å². The molecule has 2 amide bonds. The quantitative estimate of drug-likeness (QED) is 0.478. The SMILES string of the molecule is CC(Oc1ccc(C(C)(C)C)cc1)C(=O)Nc1cccc(C(=O)NC(C)c2ccccc2)c1. The standard InChI is InChI=1S/C28H32N2O3/c1-19(21-10-7-6-8-11-21)29-27(32)22-12-9-13-24(18-22)30-26(31)20(2)33-25-16-14-23(15-17-25)28(3,4)5/h6-20H,1-5H3,(H,29,32)(H,30,31). The summed E-state index contributed by atoms with van der Waals surface area (Å²) in [6, 6.07) is 24.3. The summed E-state index contributed by atoms with van der Waals surface area (Å²) in [7, 11) is 0. The van der Waals surface area contributed by atoms with Gasteiger partial charge in [0, 0.05) is 11.3 Å². The summed E-state index contributed by atoms with van der Waals surface area (Å²) in [4.78, 5) is 25.3. The molecule has 0 heterocycles. The van der Waals surface area contributed by atoms with Gasteiger partial charge < -0.3 is 15.4 Å². The van der Waals surface area contributed by atoms with Gasteiger partial charge >= 0.3 is 0 Å². The predicted octanol–water partition coefficient (Wildman–Crippen LogP) is 5.88. The van der Waals surface area contributed by atoms with Gasteiger partial charge in [0.15, 0.2) is 6.10 Å². The third kappa shape index (κ3) is 6.69. The van der Waals surface area contributed by atoms with Gasteiger partial charge in [-0.15, -0.1) is 0 Å². The molecule has 172 valence electrons. The summed E-state index contributed by atoms with van der Waals surface area (Å²) in [5, 5.41) is 5.82. The van der Waals surface area contributed by atoms with Crippen molar-refractivity contribution in [1.82, 2.24) is 5.32 Å². The van der Waals surface area contributed by atoms with Crippen LogP contribution in [0.5, 0.6) is 5.75 Å². The average Bonchev–Trinajstić information content (AvgIpc) is 2.79. The molecule has 33 heavy (non-hydrogen) atoms. The molecule has 2 atom stereocenters. The zero-order valence-electron chi connectivity index (χ0n) is 19.9. The average molecular weight is 445 g/mol. The lowest BCUT2D eigenvalue weighted by Crippen LogP contribution is -2.30. The van der Waals surface area contributed by atoms with Crippen LogP contribution in [0, 0.1) is 0 Å². The van der Waals surface area contributed by atoms with E-state index >= 15 is 0 Å². The molecule has 3 rings (SSSR count). The number of rotatable bonds is 7. The van der Waals surface area contributed by atoms with E-state index in [1.807, 2.05) is 61.5 Å². The molecular weight excluding hydrogens is 412 g/mol. The van der Waals surface area contributed by atoms with Crippen molar-refractivity contribution in [1.29, 1.82) is 0 Å². The maximum Gasteiger partial charge on any atom is 0.265 e. The Labute approximate surface area is 196 Å². The van der Waals surface area contributed by atoms with Crippen molar-refractivity contribution in [3.8, 4) is 5.75 Å². The molecule has 5 heteroatoms. The molecule has 0 aliphatic heterocycles. The molecule has 0 spiro atoms. The molecule has 3 aromatic carbocycles.